The van der Waals surface area contributed by atoms with E-state index in [1.807, 2.05) is 84.5 Å². The lowest BCUT2D eigenvalue weighted by atomic mass is 9.96. The van der Waals surface area contributed by atoms with E-state index in [1.165, 1.54) is 11.1 Å². The molecule has 0 saturated carbocycles. The van der Waals surface area contributed by atoms with Gasteiger partial charge in [0.2, 0.25) is 0 Å². The molecule has 0 amide bonds. The number of halogens is 1. The lowest BCUT2D eigenvalue weighted by Gasteiger charge is -2.40. The Balaban J connectivity index is 1.08. The van der Waals surface area contributed by atoms with E-state index in [4.69, 9.17) is 16.7 Å². The van der Waals surface area contributed by atoms with Crippen molar-refractivity contribution >= 4 is 17.4 Å². The number of rotatable bonds is 11. The Morgan fingerprint density at radius 3 is 2.23 bits per heavy atom. The van der Waals surface area contributed by atoms with Crippen molar-refractivity contribution in [2.24, 2.45) is 0 Å². The maximum Gasteiger partial charge on any atom is 0.196 e. The van der Waals surface area contributed by atoms with Crippen molar-refractivity contribution in [3.05, 3.63) is 154 Å². The van der Waals surface area contributed by atoms with Gasteiger partial charge in [-0.05, 0) is 48.4 Å². The summed E-state index contributed by atoms with van der Waals surface area (Å²) in [4.78, 5) is 18.6. The van der Waals surface area contributed by atoms with Gasteiger partial charge in [0.05, 0.1) is 23.0 Å². The van der Waals surface area contributed by atoms with Crippen LogP contribution in [0.15, 0.2) is 115 Å². The normalized spacial score (nSPS) is 14.9. The van der Waals surface area contributed by atoms with Gasteiger partial charge < -0.3 is 5.32 Å². The maximum atomic E-state index is 13.6. The van der Waals surface area contributed by atoms with Crippen molar-refractivity contribution in [1.82, 2.24) is 24.9 Å². The summed E-state index contributed by atoms with van der Waals surface area (Å²) >= 11 is 6.21. The predicted molar refractivity (Wildman–Crippen MR) is 178 cm³/mol. The van der Waals surface area contributed by atoms with Crippen molar-refractivity contribution < 1.29 is 4.79 Å². The van der Waals surface area contributed by atoms with Crippen LogP contribution in [0.1, 0.15) is 44.3 Å². The first-order valence-corrected chi connectivity index (χ1v) is 15.7. The molecule has 7 heteroatoms. The number of aromatic nitrogens is 2. The quantitative estimate of drug-likeness (QED) is 0.137. The molecule has 1 N–H and O–H groups in total. The van der Waals surface area contributed by atoms with Crippen molar-refractivity contribution in [3.63, 3.8) is 0 Å². The number of hydrogen-bond acceptors (Lipinski definition) is 5. The molecule has 1 aliphatic heterocycles. The van der Waals surface area contributed by atoms with E-state index in [0.29, 0.717) is 17.7 Å². The average Bonchev–Trinajstić information content (AvgIpc) is 3.49. The number of ketones is 1. The molecule has 1 atom stereocenters. The minimum atomic E-state index is -0.00235. The highest BCUT2D eigenvalue weighted by Gasteiger charge is 2.26. The first-order valence-electron chi connectivity index (χ1n) is 15.3. The first-order chi connectivity index (χ1) is 21.5. The lowest BCUT2D eigenvalue weighted by Crippen LogP contribution is -2.49. The summed E-state index contributed by atoms with van der Waals surface area (Å²) in [6.45, 7) is 8.25. The van der Waals surface area contributed by atoms with Crippen LogP contribution in [0, 0.1) is 6.92 Å². The largest absolute Gasteiger partial charge is 0.310 e. The van der Waals surface area contributed by atoms with Gasteiger partial charge in [-0.25, -0.2) is 4.68 Å². The number of hydrogen-bond donors (Lipinski definition) is 1. The average molecular weight is 604 g/mol. The second-order valence-electron chi connectivity index (χ2n) is 11.4. The standard InChI is InChI=1S/C37H38ClN5O/c1-28-9-8-12-31(25-28)37(44)34-27-43(33-13-6-3-7-14-33)40-35(34)26-39-19-20-41-21-23-42(24-22-41)36(29-10-4-2-5-11-29)30-15-17-32(38)18-16-30/h2-18,25,27,36,39H,19-24,26H2,1H3. The van der Waals surface area contributed by atoms with Crippen LogP contribution < -0.4 is 5.32 Å². The highest BCUT2D eigenvalue weighted by atomic mass is 35.5. The van der Waals surface area contributed by atoms with Crippen molar-refractivity contribution in [1.29, 1.82) is 0 Å². The molecule has 1 fully saturated rings. The molecule has 1 aromatic heterocycles. The summed E-state index contributed by atoms with van der Waals surface area (Å²) in [5.41, 5.74) is 6.65. The summed E-state index contributed by atoms with van der Waals surface area (Å²) in [6.07, 6.45) is 1.86. The van der Waals surface area contributed by atoms with Crippen LogP contribution in [-0.2, 0) is 6.54 Å². The van der Waals surface area contributed by atoms with Gasteiger partial charge in [0.1, 0.15) is 0 Å². The molecule has 5 aromatic rings. The van der Waals surface area contributed by atoms with Gasteiger partial charge in [-0.15, -0.1) is 0 Å². The molecule has 1 unspecified atom stereocenters. The Labute approximate surface area is 264 Å². The van der Waals surface area contributed by atoms with E-state index in [1.54, 1.807) is 0 Å². The summed E-state index contributed by atoms with van der Waals surface area (Å²) in [7, 11) is 0. The molecule has 2 heterocycles. The predicted octanol–water partition coefficient (Wildman–Crippen LogP) is 6.56. The SMILES string of the molecule is Cc1cccc(C(=O)c2cn(-c3ccccc3)nc2CNCCN2CCN(C(c3ccccc3)c3ccc(Cl)cc3)CC2)c1. The van der Waals surface area contributed by atoms with E-state index in [2.05, 4.69) is 57.6 Å². The molecule has 0 spiro atoms. The third-order valence-electron chi connectivity index (χ3n) is 8.31. The second-order valence-corrected chi connectivity index (χ2v) is 11.8. The van der Waals surface area contributed by atoms with Crippen LogP contribution >= 0.6 is 11.6 Å². The monoisotopic (exact) mass is 603 g/mol. The van der Waals surface area contributed by atoms with Crippen LogP contribution in [0.25, 0.3) is 5.69 Å². The molecule has 4 aromatic carbocycles. The topological polar surface area (TPSA) is 53.4 Å². The smallest absolute Gasteiger partial charge is 0.196 e. The van der Waals surface area contributed by atoms with Crippen LogP contribution in [0.3, 0.4) is 0 Å². The van der Waals surface area contributed by atoms with E-state index in [-0.39, 0.29) is 11.8 Å². The molecular formula is C37H38ClN5O. The number of piperazine rings is 1. The zero-order valence-electron chi connectivity index (χ0n) is 25.1. The Kier molecular flexibility index (Phi) is 9.64. The minimum absolute atomic E-state index is 0.00235. The highest BCUT2D eigenvalue weighted by molar-refractivity contribution is 6.30. The third kappa shape index (κ3) is 7.17. The number of nitrogens with one attached hydrogen (secondary N) is 1. The Hall–Kier alpha value is -4.07. The number of aryl methyl sites for hydroxylation is 1. The van der Waals surface area contributed by atoms with Crippen LogP contribution in [0.4, 0.5) is 0 Å². The van der Waals surface area contributed by atoms with Gasteiger partial charge in [-0.1, -0.05) is 96.0 Å². The Bertz CT molecular complexity index is 1660. The van der Waals surface area contributed by atoms with Gasteiger partial charge >= 0.3 is 0 Å². The fourth-order valence-electron chi connectivity index (χ4n) is 5.97. The maximum absolute atomic E-state index is 13.6. The van der Waals surface area contributed by atoms with E-state index in [9.17, 15) is 4.79 Å². The van der Waals surface area contributed by atoms with Gasteiger partial charge in [0.25, 0.3) is 0 Å². The number of para-hydroxylation sites is 1. The summed E-state index contributed by atoms with van der Waals surface area (Å²) in [5, 5.41) is 9.16. The summed E-state index contributed by atoms with van der Waals surface area (Å²) in [5.74, 6) is -0.00235. The van der Waals surface area contributed by atoms with Crippen LogP contribution in [-0.4, -0.2) is 64.6 Å². The molecule has 0 bridgehead atoms. The molecule has 224 valence electrons. The Morgan fingerprint density at radius 1 is 0.841 bits per heavy atom. The summed E-state index contributed by atoms with van der Waals surface area (Å²) in [6, 6.07) is 36.9. The van der Waals surface area contributed by atoms with Crippen molar-refractivity contribution in [3.8, 4) is 5.69 Å². The van der Waals surface area contributed by atoms with E-state index in [0.717, 1.165) is 61.2 Å². The Morgan fingerprint density at radius 2 is 1.52 bits per heavy atom. The van der Waals surface area contributed by atoms with E-state index < -0.39 is 0 Å². The molecule has 0 radical (unpaired) electrons. The van der Waals surface area contributed by atoms with Gasteiger partial charge in [0, 0.05) is 62.6 Å². The van der Waals surface area contributed by atoms with Crippen molar-refractivity contribution in [2.75, 3.05) is 39.3 Å². The van der Waals surface area contributed by atoms with Crippen LogP contribution in [0.5, 0.6) is 0 Å². The zero-order valence-corrected chi connectivity index (χ0v) is 25.8. The molecule has 44 heavy (non-hydrogen) atoms. The zero-order chi connectivity index (χ0) is 30.3. The number of benzene rings is 4. The fraction of sp³-hybridized carbons (Fsp3) is 0.243. The van der Waals surface area contributed by atoms with Gasteiger partial charge in [0.15, 0.2) is 5.78 Å². The lowest BCUT2D eigenvalue weighted by molar-refractivity contribution is 0.103. The first kappa shape index (κ1) is 30.0. The van der Waals surface area contributed by atoms with Crippen molar-refractivity contribution in [2.45, 2.75) is 19.5 Å². The van der Waals surface area contributed by atoms with Crippen LogP contribution in [0.2, 0.25) is 5.02 Å². The van der Waals surface area contributed by atoms with E-state index >= 15 is 0 Å². The molecule has 1 aliphatic rings. The number of carbonyl (C=O) groups excluding carboxylic acids is 1. The van der Waals surface area contributed by atoms with Gasteiger partial charge in [-0.2, -0.15) is 5.10 Å². The minimum Gasteiger partial charge on any atom is -0.310 e. The molecule has 1 saturated heterocycles. The molecule has 6 rings (SSSR count). The second kappa shape index (κ2) is 14.1. The summed E-state index contributed by atoms with van der Waals surface area (Å²) < 4.78 is 1.81. The fourth-order valence-corrected chi connectivity index (χ4v) is 6.09. The molecule has 6 nitrogen and oxygen atoms in total. The number of carbonyl (C=O) groups is 1. The molecule has 0 aliphatic carbocycles. The third-order valence-corrected chi connectivity index (χ3v) is 8.56. The highest BCUT2D eigenvalue weighted by Crippen LogP contribution is 2.30. The molecular weight excluding hydrogens is 566 g/mol. The number of nitrogens with zero attached hydrogens (tertiary/aromatic N) is 4. The van der Waals surface area contributed by atoms with Gasteiger partial charge in [-0.3, -0.25) is 14.6 Å².